The number of nitrogens with two attached hydrogens (primary N) is 1. The SMILES string of the molecule is COCCN(C(=N)N)C(=O)C1c2cc(C#N)ccc2CC12CCC(OC)C(C)C2. The van der Waals surface area contributed by atoms with Crippen molar-refractivity contribution in [3.63, 3.8) is 0 Å². The third-order valence-electron chi connectivity index (χ3n) is 6.66. The highest BCUT2D eigenvalue weighted by atomic mass is 16.5. The van der Waals surface area contributed by atoms with Crippen molar-refractivity contribution in [2.75, 3.05) is 27.4 Å². The summed E-state index contributed by atoms with van der Waals surface area (Å²) < 4.78 is 10.8. The van der Waals surface area contributed by atoms with Crippen molar-refractivity contribution < 1.29 is 14.3 Å². The lowest BCUT2D eigenvalue weighted by atomic mass is 9.62. The summed E-state index contributed by atoms with van der Waals surface area (Å²) in [6, 6.07) is 7.82. The predicted molar refractivity (Wildman–Crippen MR) is 109 cm³/mol. The molecule has 1 spiro atoms. The lowest BCUT2D eigenvalue weighted by molar-refractivity contribution is -0.134. The van der Waals surface area contributed by atoms with Gasteiger partial charge >= 0.3 is 0 Å². The Kier molecular flexibility index (Phi) is 6.25. The predicted octanol–water partition coefficient (Wildman–Crippen LogP) is 2.39. The van der Waals surface area contributed by atoms with Gasteiger partial charge in [0.25, 0.3) is 0 Å². The maximum Gasteiger partial charge on any atom is 0.237 e. The first kappa shape index (κ1) is 21.3. The molecular weight excluding hydrogens is 368 g/mol. The number of benzene rings is 1. The first-order valence-electron chi connectivity index (χ1n) is 10.1. The molecule has 3 rings (SSSR count). The number of hydrogen-bond acceptors (Lipinski definition) is 5. The van der Waals surface area contributed by atoms with E-state index in [1.165, 1.54) is 4.90 Å². The minimum absolute atomic E-state index is 0.175. The Balaban J connectivity index is 2.04. The normalized spacial score (nSPS) is 28.0. The number of nitrogens with zero attached hydrogens (tertiary/aromatic N) is 2. The molecule has 4 unspecified atom stereocenters. The number of methoxy groups -OCH3 is 2. The van der Waals surface area contributed by atoms with Crippen LogP contribution in [0.5, 0.6) is 0 Å². The van der Waals surface area contributed by atoms with Crippen molar-refractivity contribution >= 4 is 11.9 Å². The number of amides is 1. The summed E-state index contributed by atoms with van der Waals surface area (Å²) in [5, 5.41) is 17.3. The molecule has 0 bridgehead atoms. The van der Waals surface area contributed by atoms with Crippen molar-refractivity contribution in [2.45, 2.75) is 44.6 Å². The zero-order chi connectivity index (χ0) is 21.2. The number of ether oxygens (including phenoxy) is 2. The van der Waals surface area contributed by atoms with E-state index in [0.717, 1.165) is 36.8 Å². The highest BCUT2D eigenvalue weighted by Crippen LogP contribution is 2.57. The monoisotopic (exact) mass is 398 g/mol. The van der Waals surface area contributed by atoms with Crippen LogP contribution in [0.1, 0.15) is 48.8 Å². The average molecular weight is 399 g/mol. The number of nitrogens with one attached hydrogen (secondary N) is 1. The van der Waals surface area contributed by atoms with Gasteiger partial charge < -0.3 is 15.2 Å². The number of carbonyl (C=O) groups excluding carboxylic acids is 1. The van der Waals surface area contributed by atoms with Crippen molar-refractivity contribution in [3.8, 4) is 6.07 Å². The summed E-state index contributed by atoms with van der Waals surface area (Å²) >= 11 is 0. The second-order valence-electron chi connectivity index (χ2n) is 8.36. The van der Waals surface area contributed by atoms with Crippen molar-refractivity contribution in [2.24, 2.45) is 17.1 Å². The molecule has 4 atom stereocenters. The topological polar surface area (TPSA) is 112 Å². The van der Waals surface area contributed by atoms with Gasteiger partial charge in [-0.15, -0.1) is 0 Å². The van der Waals surface area contributed by atoms with Gasteiger partial charge in [0.2, 0.25) is 5.91 Å². The summed E-state index contributed by atoms with van der Waals surface area (Å²) in [5.74, 6) is -0.553. The fourth-order valence-electron chi connectivity index (χ4n) is 5.35. The second-order valence-corrected chi connectivity index (χ2v) is 8.36. The number of guanidine groups is 1. The maximum atomic E-state index is 13.7. The minimum atomic E-state index is -0.424. The number of hydrogen-bond donors (Lipinski definition) is 2. The van der Waals surface area contributed by atoms with E-state index in [4.69, 9.17) is 20.6 Å². The molecule has 1 saturated carbocycles. The third kappa shape index (κ3) is 3.87. The molecule has 2 aliphatic rings. The maximum absolute atomic E-state index is 13.7. The standard InChI is InChI=1S/C22H30N4O3/c1-14-11-22(7-6-18(14)29-3)12-16-5-4-15(13-23)10-17(16)19(22)20(27)26(21(24)25)8-9-28-2/h4-5,10,14,18-19H,6-9,11-12H2,1-3H3,(H3,24,25). The molecule has 0 saturated heterocycles. The zero-order valence-electron chi connectivity index (χ0n) is 17.4. The van der Waals surface area contributed by atoms with E-state index in [2.05, 4.69) is 13.0 Å². The Morgan fingerprint density at radius 2 is 2.21 bits per heavy atom. The second kappa shape index (κ2) is 8.52. The van der Waals surface area contributed by atoms with E-state index >= 15 is 0 Å². The van der Waals surface area contributed by atoms with Gasteiger partial charge in [-0.25, -0.2) is 0 Å². The number of nitriles is 1. The molecule has 0 aromatic heterocycles. The zero-order valence-corrected chi connectivity index (χ0v) is 17.4. The summed E-state index contributed by atoms with van der Waals surface area (Å²) in [6.45, 7) is 2.72. The van der Waals surface area contributed by atoms with E-state index in [0.29, 0.717) is 18.1 Å². The summed E-state index contributed by atoms with van der Waals surface area (Å²) in [4.78, 5) is 15.0. The van der Waals surface area contributed by atoms with Crippen molar-refractivity contribution in [1.29, 1.82) is 10.7 Å². The van der Waals surface area contributed by atoms with Gasteiger partial charge in [0, 0.05) is 14.2 Å². The van der Waals surface area contributed by atoms with Crippen LogP contribution < -0.4 is 5.73 Å². The Bertz CT molecular complexity index is 834. The molecule has 0 heterocycles. The van der Waals surface area contributed by atoms with E-state index in [1.54, 1.807) is 14.2 Å². The van der Waals surface area contributed by atoms with Crippen LogP contribution in [0.25, 0.3) is 0 Å². The molecule has 3 N–H and O–H groups in total. The van der Waals surface area contributed by atoms with Gasteiger partial charge in [-0.05, 0) is 60.3 Å². The summed E-state index contributed by atoms with van der Waals surface area (Å²) in [7, 11) is 3.30. The molecule has 2 aliphatic carbocycles. The molecule has 7 heteroatoms. The van der Waals surface area contributed by atoms with Crippen LogP contribution >= 0.6 is 0 Å². The quantitative estimate of drug-likeness (QED) is 0.584. The lowest BCUT2D eigenvalue weighted by Crippen LogP contribution is -2.50. The smallest absolute Gasteiger partial charge is 0.237 e. The minimum Gasteiger partial charge on any atom is -0.383 e. The Morgan fingerprint density at radius 1 is 1.45 bits per heavy atom. The summed E-state index contributed by atoms with van der Waals surface area (Å²) in [6.07, 6.45) is 3.58. The molecule has 1 fully saturated rings. The third-order valence-corrected chi connectivity index (χ3v) is 6.66. The fraction of sp³-hybridized carbons (Fsp3) is 0.591. The highest BCUT2D eigenvalue weighted by molar-refractivity contribution is 5.99. The molecule has 0 aliphatic heterocycles. The molecule has 1 aromatic rings. The fourth-order valence-corrected chi connectivity index (χ4v) is 5.35. The molecule has 29 heavy (non-hydrogen) atoms. The van der Waals surface area contributed by atoms with Crippen molar-refractivity contribution in [3.05, 3.63) is 34.9 Å². The molecular formula is C22H30N4O3. The largest absolute Gasteiger partial charge is 0.383 e. The van der Waals surface area contributed by atoms with Crippen LogP contribution in [-0.4, -0.2) is 50.2 Å². The van der Waals surface area contributed by atoms with Gasteiger partial charge in [0.1, 0.15) is 0 Å². The van der Waals surface area contributed by atoms with E-state index in [9.17, 15) is 10.1 Å². The number of fused-ring (bicyclic) bond motifs is 1. The van der Waals surface area contributed by atoms with Gasteiger partial charge in [-0.2, -0.15) is 5.26 Å². The molecule has 1 amide bonds. The first-order valence-corrected chi connectivity index (χ1v) is 10.1. The van der Waals surface area contributed by atoms with Crippen LogP contribution in [0.2, 0.25) is 0 Å². The van der Waals surface area contributed by atoms with Gasteiger partial charge in [-0.3, -0.25) is 15.1 Å². The van der Waals surface area contributed by atoms with Gasteiger partial charge in [-0.1, -0.05) is 13.0 Å². The van der Waals surface area contributed by atoms with Gasteiger partial charge in [0.15, 0.2) is 5.96 Å². The van der Waals surface area contributed by atoms with Crippen LogP contribution in [0.3, 0.4) is 0 Å². The molecule has 7 nitrogen and oxygen atoms in total. The first-order chi connectivity index (χ1) is 13.9. The van der Waals surface area contributed by atoms with Crippen LogP contribution in [0.15, 0.2) is 18.2 Å². The van der Waals surface area contributed by atoms with Crippen LogP contribution in [0, 0.1) is 28.1 Å². The van der Waals surface area contributed by atoms with Crippen molar-refractivity contribution in [1.82, 2.24) is 4.90 Å². The van der Waals surface area contributed by atoms with Gasteiger partial charge in [0.05, 0.1) is 36.8 Å². The van der Waals surface area contributed by atoms with Crippen LogP contribution in [0.4, 0.5) is 0 Å². The molecule has 0 radical (unpaired) electrons. The Morgan fingerprint density at radius 3 is 2.79 bits per heavy atom. The Labute approximate surface area is 172 Å². The lowest BCUT2D eigenvalue weighted by Gasteiger charge is -2.45. The van der Waals surface area contributed by atoms with Crippen LogP contribution in [-0.2, 0) is 20.7 Å². The summed E-state index contributed by atoms with van der Waals surface area (Å²) in [5.41, 5.74) is 8.08. The number of carbonyl (C=O) groups is 1. The molecule has 156 valence electrons. The average Bonchev–Trinajstić information content (AvgIpc) is 2.99. The number of rotatable bonds is 5. The van der Waals surface area contributed by atoms with E-state index in [1.807, 2.05) is 18.2 Å². The van der Waals surface area contributed by atoms with E-state index < -0.39 is 5.92 Å². The van der Waals surface area contributed by atoms with E-state index in [-0.39, 0.29) is 29.9 Å². The molecule has 1 aromatic carbocycles. The Hall–Kier alpha value is -2.43. The highest BCUT2D eigenvalue weighted by Gasteiger charge is 2.53.